The lowest BCUT2D eigenvalue weighted by atomic mass is 10.1. The number of hydrogen-bond acceptors (Lipinski definition) is 6. The number of nitrogens with one attached hydrogen (secondary N) is 1. The number of rotatable bonds is 9. The van der Waals surface area contributed by atoms with Gasteiger partial charge < -0.3 is 24.1 Å². The Morgan fingerprint density at radius 1 is 0.939 bits per heavy atom. The van der Waals surface area contributed by atoms with Gasteiger partial charge in [0, 0.05) is 6.20 Å². The molecule has 8 heteroatoms. The molecule has 1 N–H and O–H groups in total. The van der Waals surface area contributed by atoms with Gasteiger partial charge in [-0.05, 0) is 47.5 Å². The highest BCUT2D eigenvalue weighted by atomic mass is 16.5. The molecule has 0 fully saturated rings. The minimum atomic E-state index is -0.113. The van der Waals surface area contributed by atoms with Gasteiger partial charge >= 0.3 is 0 Å². The summed E-state index contributed by atoms with van der Waals surface area (Å²) in [5.41, 5.74) is 3.48. The van der Waals surface area contributed by atoms with Gasteiger partial charge in [-0.1, -0.05) is 18.2 Å². The molecule has 0 spiro atoms. The van der Waals surface area contributed by atoms with Crippen molar-refractivity contribution in [3.63, 3.8) is 0 Å². The van der Waals surface area contributed by atoms with Crippen LogP contribution in [0.1, 0.15) is 17.0 Å². The molecule has 2 aromatic heterocycles. The molecule has 0 saturated heterocycles. The molecule has 1 amide bonds. The van der Waals surface area contributed by atoms with Crippen LogP contribution < -0.4 is 19.5 Å². The fourth-order valence-electron chi connectivity index (χ4n) is 3.64. The molecule has 0 aliphatic carbocycles. The van der Waals surface area contributed by atoms with E-state index in [0.29, 0.717) is 24.6 Å². The van der Waals surface area contributed by atoms with Crippen LogP contribution in [0.3, 0.4) is 0 Å². The molecule has 33 heavy (non-hydrogen) atoms. The first-order chi connectivity index (χ1) is 16.1. The quantitative estimate of drug-likeness (QED) is 0.424. The highest BCUT2D eigenvalue weighted by Crippen LogP contribution is 2.27. The zero-order chi connectivity index (χ0) is 23.2. The Morgan fingerprint density at radius 2 is 1.70 bits per heavy atom. The maximum absolute atomic E-state index is 12.6. The molecular weight excluding hydrogens is 420 g/mol. The van der Waals surface area contributed by atoms with E-state index in [0.717, 1.165) is 33.9 Å². The van der Waals surface area contributed by atoms with Crippen LogP contribution in [-0.4, -0.2) is 41.8 Å². The van der Waals surface area contributed by atoms with Crippen molar-refractivity contribution in [2.75, 3.05) is 21.3 Å². The van der Waals surface area contributed by atoms with Crippen molar-refractivity contribution in [1.82, 2.24) is 19.9 Å². The van der Waals surface area contributed by atoms with Crippen LogP contribution in [0.25, 0.3) is 11.2 Å². The second-order valence-corrected chi connectivity index (χ2v) is 7.45. The van der Waals surface area contributed by atoms with Crippen LogP contribution in [0, 0.1) is 0 Å². The van der Waals surface area contributed by atoms with E-state index in [1.807, 2.05) is 47.0 Å². The number of carbonyl (C=O) groups is 1. The third-order valence-electron chi connectivity index (χ3n) is 5.34. The first kappa shape index (κ1) is 22.1. The summed E-state index contributed by atoms with van der Waals surface area (Å²) in [5.74, 6) is 2.64. The molecule has 0 aliphatic rings. The smallest absolute Gasteiger partial charge is 0.224 e. The zero-order valence-corrected chi connectivity index (χ0v) is 18.9. The molecule has 170 valence electrons. The van der Waals surface area contributed by atoms with Gasteiger partial charge in [-0.15, -0.1) is 0 Å². The van der Waals surface area contributed by atoms with Gasteiger partial charge in [0.05, 0.1) is 40.8 Å². The molecule has 4 aromatic rings. The lowest BCUT2D eigenvalue weighted by Crippen LogP contribution is -2.26. The van der Waals surface area contributed by atoms with Gasteiger partial charge in [0.1, 0.15) is 17.1 Å². The second-order valence-electron chi connectivity index (χ2n) is 7.45. The average molecular weight is 447 g/mol. The molecule has 0 saturated carbocycles. The molecule has 2 heterocycles. The minimum Gasteiger partial charge on any atom is -0.497 e. The maximum Gasteiger partial charge on any atom is 0.224 e. The molecule has 0 bridgehead atoms. The highest BCUT2D eigenvalue weighted by Gasteiger charge is 2.14. The Morgan fingerprint density at radius 3 is 2.42 bits per heavy atom. The number of pyridine rings is 1. The van der Waals surface area contributed by atoms with E-state index < -0.39 is 0 Å². The third-order valence-corrected chi connectivity index (χ3v) is 5.34. The number of methoxy groups -OCH3 is 3. The SMILES string of the molecule is COc1ccc(Cn2c(CNC(=O)Cc3ccc(OC)c(OC)c3)nc3cccnc32)cc1. The van der Waals surface area contributed by atoms with Crippen LogP contribution >= 0.6 is 0 Å². The van der Waals surface area contributed by atoms with E-state index >= 15 is 0 Å². The van der Waals surface area contributed by atoms with Gasteiger partial charge in [0.25, 0.3) is 0 Å². The number of aromatic nitrogens is 3. The summed E-state index contributed by atoms with van der Waals surface area (Å²) in [4.78, 5) is 21.8. The predicted molar refractivity (Wildman–Crippen MR) is 125 cm³/mol. The minimum absolute atomic E-state index is 0.113. The molecule has 0 unspecified atom stereocenters. The summed E-state index contributed by atoms with van der Waals surface area (Å²) in [6.07, 6.45) is 1.96. The summed E-state index contributed by atoms with van der Waals surface area (Å²) in [6, 6.07) is 17.1. The number of ether oxygens (including phenoxy) is 3. The normalized spacial score (nSPS) is 10.8. The molecule has 2 aromatic carbocycles. The van der Waals surface area contributed by atoms with E-state index in [1.165, 1.54) is 0 Å². The number of fused-ring (bicyclic) bond motifs is 1. The van der Waals surface area contributed by atoms with Crippen molar-refractivity contribution >= 4 is 17.1 Å². The van der Waals surface area contributed by atoms with E-state index in [2.05, 4.69) is 10.3 Å². The molecule has 4 rings (SSSR count). The predicted octanol–water partition coefficient (Wildman–Crippen LogP) is 3.36. The molecule has 0 atom stereocenters. The van der Waals surface area contributed by atoms with Gasteiger partial charge in [-0.2, -0.15) is 0 Å². The second kappa shape index (κ2) is 10.0. The van der Waals surface area contributed by atoms with Crippen molar-refractivity contribution in [3.05, 3.63) is 77.7 Å². The summed E-state index contributed by atoms with van der Waals surface area (Å²) in [7, 11) is 4.80. The molecule has 0 radical (unpaired) electrons. The lowest BCUT2D eigenvalue weighted by molar-refractivity contribution is -0.120. The van der Waals surface area contributed by atoms with E-state index in [4.69, 9.17) is 19.2 Å². The van der Waals surface area contributed by atoms with Crippen molar-refractivity contribution in [2.24, 2.45) is 0 Å². The Kier molecular flexibility index (Phi) is 6.73. The zero-order valence-electron chi connectivity index (χ0n) is 18.9. The summed E-state index contributed by atoms with van der Waals surface area (Å²) in [6.45, 7) is 0.872. The molecular formula is C25H26N4O4. The fraction of sp³-hybridized carbons (Fsp3) is 0.240. The summed E-state index contributed by atoms with van der Waals surface area (Å²) >= 11 is 0. The largest absolute Gasteiger partial charge is 0.497 e. The first-order valence-electron chi connectivity index (χ1n) is 10.5. The molecule has 8 nitrogen and oxygen atoms in total. The number of carbonyl (C=O) groups excluding carboxylic acids is 1. The van der Waals surface area contributed by atoms with Crippen LogP contribution in [0.4, 0.5) is 0 Å². The van der Waals surface area contributed by atoms with Crippen LogP contribution in [0.15, 0.2) is 60.8 Å². The van der Waals surface area contributed by atoms with E-state index in [9.17, 15) is 4.79 Å². The van der Waals surface area contributed by atoms with Crippen LogP contribution in [-0.2, 0) is 24.3 Å². The van der Waals surface area contributed by atoms with Crippen LogP contribution in [0.2, 0.25) is 0 Å². The van der Waals surface area contributed by atoms with Gasteiger partial charge in [0.2, 0.25) is 5.91 Å². The van der Waals surface area contributed by atoms with Gasteiger partial charge in [0.15, 0.2) is 17.1 Å². The Labute approximate surface area is 192 Å². The topological polar surface area (TPSA) is 87.5 Å². The Bertz CT molecular complexity index is 1250. The summed E-state index contributed by atoms with van der Waals surface area (Å²) < 4.78 is 17.8. The van der Waals surface area contributed by atoms with Crippen molar-refractivity contribution in [2.45, 2.75) is 19.5 Å². The number of amides is 1. The number of hydrogen-bond donors (Lipinski definition) is 1. The average Bonchev–Trinajstić information content (AvgIpc) is 3.20. The summed E-state index contributed by atoms with van der Waals surface area (Å²) in [5, 5.41) is 2.98. The monoisotopic (exact) mass is 446 g/mol. The number of imidazole rings is 1. The third kappa shape index (κ3) is 5.06. The Balaban J connectivity index is 1.50. The lowest BCUT2D eigenvalue weighted by Gasteiger charge is -2.11. The van der Waals surface area contributed by atoms with Gasteiger partial charge in [-0.3, -0.25) is 4.79 Å². The van der Waals surface area contributed by atoms with E-state index in [-0.39, 0.29) is 12.3 Å². The van der Waals surface area contributed by atoms with Crippen LogP contribution in [0.5, 0.6) is 17.2 Å². The van der Waals surface area contributed by atoms with Gasteiger partial charge in [-0.25, -0.2) is 9.97 Å². The van der Waals surface area contributed by atoms with Crippen molar-refractivity contribution < 1.29 is 19.0 Å². The Hall–Kier alpha value is -4.07. The van der Waals surface area contributed by atoms with Crippen molar-refractivity contribution in [3.8, 4) is 17.2 Å². The standard InChI is InChI=1S/C25H26N4O4/c1-31-19-9-6-17(7-10-19)16-29-23(28-20-5-4-12-26-25(20)29)15-27-24(30)14-18-8-11-21(32-2)22(13-18)33-3/h4-13H,14-16H2,1-3H3,(H,27,30). The number of benzene rings is 2. The first-order valence-corrected chi connectivity index (χ1v) is 10.5. The van der Waals surface area contributed by atoms with Crippen molar-refractivity contribution in [1.29, 1.82) is 0 Å². The fourth-order valence-corrected chi connectivity index (χ4v) is 3.64. The maximum atomic E-state index is 12.6. The molecule has 0 aliphatic heterocycles. The van der Waals surface area contributed by atoms with E-state index in [1.54, 1.807) is 39.7 Å². The highest BCUT2D eigenvalue weighted by molar-refractivity contribution is 5.79. The number of nitrogens with zero attached hydrogens (tertiary/aromatic N) is 3.